The molecule has 4 nitrogen and oxygen atoms in total. The Hall–Kier alpha value is -1.10. The minimum atomic E-state index is -0.0237. The van der Waals surface area contributed by atoms with E-state index in [1.54, 1.807) is 6.07 Å². The highest BCUT2D eigenvalue weighted by Gasteiger charge is 2.13. The summed E-state index contributed by atoms with van der Waals surface area (Å²) >= 11 is 5.89. The molecule has 2 rings (SSSR count). The van der Waals surface area contributed by atoms with Gasteiger partial charge in [-0.2, -0.15) is 0 Å². The quantitative estimate of drug-likeness (QED) is 0.878. The summed E-state index contributed by atoms with van der Waals surface area (Å²) in [5.41, 5.74) is 1.77. The number of amides is 1. The van der Waals surface area contributed by atoms with Gasteiger partial charge in [-0.05, 0) is 56.6 Å². The Bertz CT molecular complexity index is 459. The van der Waals surface area contributed by atoms with E-state index in [1.165, 1.54) is 0 Å². The largest absolute Gasteiger partial charge is 0.378 e. The third-order valence-electron chi connectivity index (χ3n) is 3.43. The first-order valence-corrected chi connectivity index (χ1v) is 7.41. The summed E-state index contributed by atoms with van der Waals surface area (Å²) in [5.74, 6) is -0.0237. The monoisotopic (exact) mass is 296 g/mol. The number of aryl methyl sites for hydroxylation is 1. The molecule has 0 spiro atoms. The molecule has 1 aromatic carbocycles. The summed E-state index contributed by atoms with van der Waals surface area (Å²) < 4.78 is 5.72. The van der Waals surface area contributed by atoms with Gasteiger partial charge in [0.2, 0.25) is 5.91 Å². The predicted octanol–water partition coefficient (Wildman–Crippen LogP) is 2.75. The third kappa shape index (κ3) is 4.78. The maximum Gasteiger partial charge on any atom is 0.226 e. The second-order valence-electron chi connectivity index (χ2n) is 5.08. The summed E-state index contributed by atoms with van der Waals surface area (Å²) in [6.07, 6.45) is 2.73. The van der Waals surface area contributed by atoms with Crippen molar-refractivity contribution >= 4 is 23.2 Å². The van der Waals surface area contributed by atoms with Gasteiger partial charge < -0.3 is 15.4 Å². The first-order valence-electron chi connectivity index (χ1n) is 7.03. The van der Waals surface area contributed by atoms with Gasteiger partial charge in [0.25, 0.3) is 0 Å². The Morgan fingerprint density at radius 3 is 2.90 bits per heavy atom. The molecule has 5 heteroatoms. The summed E-state index contributed by atoms with van der Waals surface area (Å²) in [7, 11) is 0. The number of piperidine rings is 1. The molecule has 0 unspecified atom stereocenters. The van der Waals surface area contributed by atoms with E-state index >= 15 is 0 Å². The first kappa shape index (κ1) is 15.3. The second kappa shape index (κ2) is 7.62. The molecule has 2 N–H and O–H groups in total. The summed E-state index contributed by atoms with van der Waals surface area (Å²) in [6, 6.07) is 5.43. The van der Waals surface area contributed by atoms with Gasteiger partial charge in [0.15, 0.2) is 0 Å². The van der Waals surface area contributed by atoms with Crippen LogP contribution >= 0.6 is 11.6 Å². The molecule has 0 radical (unpaired) electrons. The van der Waals surface area contributed by atoms with Crippen LogP contribution in [0, 0.1) is 6.92 Å². The average Bonchev–Trinajstić information content (AvgIpc) is 2.43. The number of carbonyl (C=O) groups is 1. The Balaban J connectivity index is 1.72. The van der Waals surface area contributed by atoms with Gasteiger partial charge in [-0.1, -0.05) is 11.6 Å². The molecule has 110 valence electrons. The minimum Gasteiger partial charge on any atom is -0.378 e. The van der Waals surface area contributed by atoms with Crippen LogP contribution in [0.2, 0.25) is 5.02 Å². The number of nitrogens with one attached hydrogen (secondary N) is 2. The molecule has 20 heavy (non-hydrogen) atoms. The number of hydrogen-bond donors (Lipinski definition) is 2. The molecular weight excluding hydrogens is 276 g/mol. The van der Waals surface area contributed by atoms with Gasteiger partial charge in [0.1, 0.15) is 0 Å². The molecule has 1 saturated heterocycles. The fraction of sp³-hybridized carbons (Fsp3) is 0.533. The van der Waals surface area contributed by atoms with Crippen molar-refractivity contribution in [2.24, 2.45) is 0 Å². The smallest absolute Gasteiger partial charge is 0.226 e. The van der Waals surface area contributed by atoms with Crippen molar-refractivity contribution in [2.75, 3.05) is 25.0 Å². The van der Waals surface area contributed by atoms with E-state index in [2.05, 4.69) is 10.6 Å². The van der Waals surface area contributed by atoms with Crippen molar-refractivity contribution in [1.29, 1.82) is 0 Å². The number of carbonyl (C=O) groups excluding carboxylic acids is 1. The van der Waals surface area contributed by atoms with Gasteiger partial charge in [0, 0.05) is 10.7 Å². The molecule has 1 aromatic rings. The van der Waals surface area contributed by atoms with Gasteiger partial charge >= 0.3 is 0 Å². The van der Waals surface area contributed by atoms with E-state index in [0.717, 1.165) is 37.2 Å². The van der Waals surface area contributed by atoms with Crippen molar-refractivity contribution in [3.05, 3.63) is 28.8 Å². The van der Waals surface area contributed by atoms with Crippen molar-refractivity contribution in [3.8, 4) is 0 Å². The molecule has 0 aromatic heterocycles. The fourth-order valence-electron chi connectivity index (χ4n) is 2.26. The normalized spacial score (nSPS) is 16.1. The maximum atomic E-state index is 11.9. The molecule has 0 aliphatic carbocycles. The Morgan fingerprint density at radius 1 is 1.45 bits per heavy atom. The van der Waals surface area contributed by atoms with Gasteiger partial charge in [-0.25, -0.2) is 0 Å². The van der Waals surface area contributed by atoms with Gasteiger partial charge in [-0.15, -0.1) is 0 Å². The number of anilines is 1. The highest BCUT2D eigenvalue weighted by atomic mass is 35.5. The van der Waals surface area contributed by atoms with E-state index in [4.69, 9.17) is 16.3 Å². The zero-order valence-electron chi connectivity index (χ0n) is 11.7. The summed E-state index contributed by atoms with van der Waals surface area (Å²) in [6.45, 7) is 4.40. The lowest BCUT2D eigenvalue weighted by atomic mass is 10.1. The SMILES string of the molecule is Cc1cc(Cl)ccc1NC(=O)CCOC1CCNCC1. The standard InChI is InChI=1S/C15H21ClN2O2/c1-11-10-12(16)2-3-14(11)18-15(19)6-9-20-13-4-7-17-8-5-13/h2-3,10,13,17H,4-9H2,1H3,(H,18,19). The molecule has 1 aliphatic heterocycles. The zero-order valence-corrected chi connectivity index (χ0v) is 12.5. The molecule has 1 aliphatic rings. The van der Waals surface area contributed by atoms with Crippen molar-refractivity contribution in [1.82, 2.24) is 5.32 Å². The van der Waals surface area contributed by atoms with Gasteiger partial charge in [-0.3, -0.25) is 4.79 Å². The lowest BCUT2D eigenvalue weighted by molar-refractivity contribution is -0.117. The third-order valence-corrected chi connectivity index (χ3v) is 3.67. The van der Waals surface area contributed by atoms with E-state index in [0.29, 0.717) is 24.2 Å². The van der Waals surface area contributed by atoms with Gasteiger partial charge in [0.05, 0.1) is 19.1 Å². The minimum absolute atomic E-state index is 0.0237. The Morgan fingerprint density at radius 2 is 2.20 bits per heavy atom. The van der Waals surface area contributed by atoms with Crippen LogP contribution in [0.5, 0.6) is 0 Å². The van der Waals surface area contributed by atoms with Crippen LogP contribution in [0.4, 0.5) is 5.69 Å². The molecular formula is C15H21ClN2O2. The number of rotatable bonds is 5. The molecule has 1 heterocycles. The molecule has 1 fully saturated rings. The fourth-order valence-corrected chi connectivity index (χ4v) is 2.49. The number of hydrogen-bond acceptors (Lipinski definition) is 3. The summed E-state index contributed by atoms with van der Waals surface area (Å²) in [5, 5.41) is 6.85. The molecule has 0 atom stereocenters. The lowest BCUT2D eigenvalue weighted by Crippen LogP contribution is -2.33. The topological polar surface area (TPSA) is 50.4 Å². The maximum absolute atomic E-state index is 11.9. The van der Waals surface area contributed by atoms with Crippen LogP contribution in [0.25, 0.3) is 0 Å². The lowest BCUT2D eigenvalue weighted by Gasteiger charge is -2.22. The number of ether oxygens (including phenoxy) is 1. The van der Waals surface area contributed by atoms with Crippen LogP contribution in [-0.4, -0.2) is 31.7 Å². The van der Waals surface area contributed by atoms with Crippen LogP contribution in [0.1, 0.15) is 24.8 Å². The van der Waals surface area contributed by atoms with Crippen LogP contribution in [0.15, 0.2) is 18.2 Å². The second-order valence-corrected chi connectivity index (χ2v) is 5.51. The Labute approximate surface area is 124 Å². The number of benzene rings is 1. The van der Waals surface area contributed by atoms with Crippen LogP contribution < -0.4 is 10.6 Å². The zero-order chi connectivity index (χ0) is 14.4. The van der Waals surface area contributed by atoms with E-state index < -0.39 is 0 Å². The van der Waals surface area contributed by atoms with Crippen molar-refractivity contribution in [2.45, 2.75) is 32.3 Å². The van der Waals surface area contributed by atoms with E-state index in [1.807, 2.05) is 19.1 Å². The summed E-state index contributed by atoms with van der Waals surface area (Å²) in [4.78, 5) is 11.9. The average molecular weight is 297 g/mol. The first-order chi connectivity index (χ1) is 9.65. The Kier molecular flexibility index (Phi) is 5.83. The highest BCUT2D eigenvalue weighted by Crippen LogP contribution is 2.19. The van der Waals surface area contributed by atoms with Crippen molar-refractivity contribution < 1.29 is 9.53 Å². The van der Waals surface area contributed by atoms with Crippen LogP contribution in [0.3, 0.4) is 0 Å². The highest BCUT2D eigenvalue weighted by molar-refractivity contribution is 6.30. The predicted molar refractivity (Wildman–Crippen MR) is 81.3 cm³/mol. The van der Waals surface area contributed by atoms with E-state index in [9.17, 15) is 4.79 Å². The molecule has 0 saturated carbocycles. The van der Waals surface area contributed by atoms with Crippen LogP contribution in [-0.2, 0) is 9.53 Å². The number of halogens is 1. The van der Waals surface area contributed by atoms with E-state index in [-0.39, 0.29) is 5.91 Å². The van der Waals surface area contributed by atoms with Crippen molar-refractivity contribution in [3.63, 3.8) is 0 Å². The molecule has 0 bridgehead atoms. The molecule has 1 amide bonds.